The number of fused-ring (bicyclic) bond motifs is 1. The van der Waals surface area contributed by atoms with Crippen molar-refractivity contribution < 1.29 is 27.1 Å². The van der Waals surface area contributed by atoms with Gasteiger partial charge in [-0.05, 0) is 42.9 Å². The minimum Gasteiger partial charge on any atom is -0.488 e. The second-order valence-electron chi connectivity index (χ2n) is 7.45. The molecule has 0 bridgehead atoms. The Hall–Kier alpha value is -2.87. The molecule has 0 spiro atoms. The summed E-state index contributed by atoms with van der Waals surface area (Å²) in [5.41, 5.74) is 0.444. The normalized spacial score (nSPS) is 17.6. The van der Waals surface area contributed by atoms with Gasteiger partial charge in [-0.2, -0.15) is 13.2 Å². The summed E-state index contributed by atoms with van der Waals surface area (Å²) in [6.45, 7) is 2.40. The number of amides is 1. The highest BCUT2D eigenvalue weighted by molar-refractivity contribution is 6.06. The van der Waals surface area contributed by atoms with Crippen molar-refractivity contribution in [1.29, 1.82) is 0 Å². The Morgan fingerprint density at radius 3 is 2.30 bits per heavy atom. The molecule has 0 atom stereocenters. The maximum atomic E-state index is 13.5. The minimum atomic E-state index is -4.54. The predicted molar refractivity (Wildman–Crippen MR) is 103 cm³/mol. The fourth-order valence-corrected chi connectivity index (χ4v) is 3.73. The Bertz CT molecular complexity index is 991. The SMILES string of the molecule is CN1CCN(C(=O)C2=C(c3ccc(F)cc3)c3cc(C(F)(F)F)ccc3OC2)CC1. The van der Waals surface area contributed by atoms with E-state index >= 15 is 0 Å². The summed E-state index contributed by atoms with van der Waals surface area (Å²) in [6.07, 6.45) is -4.54. The van der Waals surface area contributed by atoms with Crippen molar-refractivity contribution in [3.63, 3.8) is 0 Å². The molecule has 1 amide bonds. The highest BCUT2D eigenvalue weighted by atomic mass is 19.4. The van der Waals surface area contributed by atoms with Gasteiger partial charge < -0.3 is 14.5 Å². The first-order valence-corrected chi connectivity index (χ1v) is 9.55. The number of carbonyl (C=O) groups is 1. The molecule has 0 unspecified atom stereocenters. The molecule has 2 heterocycles. The summed E-state index contributed by atoms with van der Waals surface area (Å²) < 4.78 is 59.2. The Labute approximate surface area is 171 Å². The zero-order chi connectivity index (χ0) is 21.5. The number of nitrogens with zero attached hydrogens (tertiary/aromatic N) is 2. The zero-order valence-electron chi connectivity index (χ0n) is 16.3. The molecule has 1 fully saturated rings. The van der Waals surface area contributed by atoms with Crippen LogP contribution in [0.5, 0.6) is 5.75 Å². The quantitative estimate of drug-likeness (QED) is 0.693. The molecule has 4 rings (SSSR count). The van der Waals surface area contributed by atoms with Crippen molar-refractivity contribution >= 4 is 11.5 Å². The lowest BCUT2D eigenvalue weighted by Gasteiger charge is -2.34. The van der Waals surface area contributed by atoms with E-state index in [0.29, 0.717) is 37.3 Å². The summed E-state index contributed by atoms with van der Waals surface area (Å²) in [7, 11) is 1.96. The van der Waals surface area contributed by atoms with Gasteiger partial charge in [0.15, 0.2) is 0 Å². The van der Waals surface area contributed by atoms with Crippen LogP contribution in [0.3, 0.4) is 0 Å². The minimum absolute atomic E-state index is 0.0593. The van der Waals surface area contributed by atoms with Gasteiger partial charge in [0.05, 0.1) is 11.1 Å². The van der Waals surface area contributed by atoms with E-state index in [4.69, 9.17) is 4.74 Å². The second kappa shape index (κ2) is 7.75. The van der Waals surface area contributed by atoms with Crippen LogP contribution < -0.4 is 4.74 Å². The van der Waals surface area contributed by atoms with Gasteiger partial charge in [-0.1, -0.05) is 12.1 Å². The lowest BCUT2D eigenvalue weighted by atomic mass is 9.89. The lowest BCUT2D eigenvalue weighted by Crippen LogP contribution is -2.48. The van der Waals surface area contributed by atoms with Crippen LogP contribution in [0.2, 0.25) is 0 Å². The third kappa shape index (κ3) is 3.92. The van der Waals surface area contributed by atoms with Gasteiger partial charge in [-0.3, -0.25) is 4.79 Å². The zero-order valence-corrected chi connectivity index (χ0v) is 16.3. The summed E-state index contributed by atoms with van der Waals surface area (Å²) in [5, 5.41) is 0. The van der Waals surface area contributed by atoms with Crippen LogP contribution in [-0.2, 0) is 11.0 Å². The van der Waals surface area contributed by atoms with E-state index in [1.54, 1.807) is 4.90 Å². The number of rotatable bonds is 2. The number of benzene rings is 2. The van der Waals surface area contributed by atoms with Crippen molar-refractivity contribution in [2.24, 2.45) is 0 Å². The molecule has 0 aromatic heterocycles. The molecule has 4 nitrogen and oxygen atoms in total. The molecule has 2 aromatic rings. The van der Waals surface area contributed by atoms with Crippen LogP contribution in [-0.4, -0.2) is 55.5 Å². The van der Waals surface area contributed by atoms with Crippen LogP contribution in [0.1, 0.15) is 16.7 Å². The molecule has 2 aromatic carbocycles. The first-order valence-electron chi connectivity index (χ1n) is 9.55. The maximum Gasteiger partial charge on any atom is 0.416 e. The maximum absolute atomic E-state index is 13.5. The first-order chi connectivity index (χ1) is 14.2. The molecule has 0 N–H and O–H groups in total. The molecule has 2 aliphatic rings. The van der Waals surface area contributed by atoms with Crippen molar-refractivity contribution in [3.05, 3.63) is 70.5 Å². The monoisotopic (exact) mass is 420 g/mol. The fraction of sp³-hybridized carbons (Fsp3) is 0.318. The molecular weight excluding hydrogens is 400 g/mol. The third-order valence-corrected chi connectivity index (χ3v) is 5.43. The Morgan fingerprint density at radius 2 is 1.67 bits per heavy atom. The number of piperazine rings is 1. The topological polar surface area (TPSA) is 32.8 Å². The molecule has 0 saturated carbocycles. The highest BCUT2D eigenvalue weighted by Crippen LogP contribution is 2.41. The lowest BCUT2D eigenvalue weighted by molar-refractivity contribution is -0.137. The summed E-state index contributed by atoms with van der Waals surface area (Å²) in [4.78, 5) is 17.1. The van der Waals surface area contributed by atoms with Crippen LogP contribution in [0.15, 0.2) is 48.0 Å². The molecule has 30 heavy (non-hydrogen) atoms. The average Bonchev–Trinajstić information content (AvgIpc) is 2.72. The van der Waals surface area contributed by atoms with E-state index in [2.05, 4.69) is 4.90 Å². The molecule has 0 radical (unpaired) electrons. The van der Waals surface area contributed by atoms with E-state index in [1.807, 2.05) is 7.05 Å². The number of halogens is 4. The predicted octanol–water partition coefficient (Wildman–Crippen LogP) is 3.81. The van der Waals surface area contributed by atoms with E-state index in [1.165, 1.54) is 30.3 Å². The fourth-order valence-electron chi connectivity index (χ4n) is 3.73. The summed E-state index contributed by atoms with van der Waals surface area (Å²) >= 11 is 0. The van der Waals surface area contributed by atoms with Crippen molar-refractivity contribution in [3.8, 4) is 5.75 Å². The number of hydrogen-bond donors (Lipinski definition) is 0. The van der Waals surface area contributed by atoms with Gasteiger partial charge in [0.25, 0.3) is 5.91 Å². The van der Waals surface area contributed by atoms with Crippen molar-refractivity contribution in [2.75, 3.05) is 39.8 Å². The van der Waals surface area contributed by atoms with E-state index in [-0.39, 0.29) is 29.4 Å². The smallest absolute Gasteiger partial charge is 0.416 e. The van der Waals surface area contributed by atoms with Gasteiger partial charge in [-0.15, -0.1) is 0 Å². The second-order valence-corrected chi connectivity index (χ2v) is 7.45. The van der Waals surface area contributed by atoms with Gasteiger partial charge in [0.2, 0.25) is 0 Å². The van der Waals surface area contributed by atoms with Crippen LogP contribution in [0.4, 0.5) is 17.6 Å². The van der Waals surface area contributed by atoms with Crippen LogP contribution in [0, 0.1) is 5.82 Å². The number of likely N-dealkylation sites (N-methyl/N-ethyl adjacent to an activating group) is 1. The Kier molecular flexibility index (Phi) is 5.27. The number of carbonyl (C=O) groups excluding carboxylic acids is 1. The largest absolute Gasteiger partial charge is 0.488 e. The van der Waals surface area contributed by atoms with Crippen LogP contribution >= 0.6 is 0 Å². The van der Waals surface area contributed by atoms with E-state index in [9.17, 15) is 22.4 Å². The number of hydrogen-bond acceptors (Lipinski definition) is 3. The molecule has 2 aliphatic heterocycles. The van der Waals surface area contributed by atoms with Crippen molar-refractivity contribution in [1.82, 2.24) is 9.80 Å². The standard InChI is InChI=1S/C22H20F4N2O2/c1-27-8-10-28(11-9-27)21(29)18-13-30-19-7-4-15(22(24,25)26)12-17(19)20(18)14-2-5-16(23)6-3-14/h2-7,12H,8-11,13H2,1H3. The van der Waals surface area contributed by atoms with Crippen LogP contribution in [0.25, 0.3) is 5.57 Å². The first kappa shape index (κ1) is 20.4. The van der Waals surface area contributed by atoms with Gasteiger partial charge in [0.1, 0.15) is 18.2 Å². The third-order valence-electron chi connectivity index (χ3n) is 5.43. The van der Waals surface area contributed by atoms with Gasteiger partial charge >= 0.3 is 6.18 Å². The van der Waals surface area contributed by atoms with Gasteiger partial charge in [-0.25, -0.2) is 4.39 Å². The van der Waals surface area contributed by atoms with E-state index in [0.717, 1.165) is 12.1 Å². The molecule has 1 saturated heterocycles. The number of alkyl halides is 3. The molecule has 0 aliphatic carbocycles. The Morgan fingerprint density at radius 1 is 1.00 bits per heavy atom. The van der Waals surface area contributed by atoms with Gasteiger partial charge in [0, 0.05) is 37.3 Å². The summed E-state index contributed by atoms with van der Waals surface area (Å²) in [6, 6.07) is 8.60. The van der Waals surface area contributed by atoms with Crippen molar-refractivity contribution in [2.45, 2.75) is 6.18 Å². The average molecular weight is 420 g/mol. The molecular formula is C22H20F4N2O2. The van der Waals surface area contributed by atoms with E-state index < -0.39 is 17.6 Å². The molecule has 8 heteroatoms. The molecule has 158 valence electrons. The highest BCUT2D eigenvalue weighted by Gasteiger charge is 2.35. The Balaban J connectivity index is 1.85. The summed E-state index contributed by atoms with van der Waals surface area (Å²) in [5.74, 6) is -0.481. The number of ether oxygens (including phenoxy) is 1.